The second kappa shape index (κ2) is 9.82. The molecular formula is C23H27N7O3S. The Morgan fingerprint density at radius 3 is 2.91 bits per heavy atom. The fourth-order valence-electron chi connectivity index (χ4n) is 4.02. The fraction of sp³-hybridized carbons (Fsp3) is 0.391. The number of benzene rings is 1. The van der Waals surface area contributed by atoms with E-state index in [-0.39, 0.29) is 18.8 Å². The van der Waals surface area contributed by atoms with Gasteiger partial charge in [-0.15, -0.1) is 0 Å². The highest BCUT2D eigenvalue weighted by Gasteiger charge is 2.24. The van der Waals surface area contributed by atoms with Gasteiger partial charge in [0.15, 0.2) is 5.13 Å². The van der Waals surface area contributed by atoms with Crippen LogP contribution in [0, 0.1) is 0 Å². The van der Waals surface area contributed by atoms with E-state index in [1.807, 2.05) is 31.4 Å². The molecule has 0 spiro atoms. The summed E-state index contributed by atoms with van der Waals surface area (Å²) >= 11 is 1.53. The smallest absolute Gasteiger partial charge is 0.227 e. The maximum atomic E-state index is 10.3. The minimum absolute atomic E-state index is 0.0308. The van der Waals surface area contributed by atoms with E-state index < -0.39 is 0 Å². The Bertz CT molecular complexity index is 1270. The third-order valence-electron chi connectivity index (χ3n) is 5.75. The Morgan fingerprint density at radius 2 is 2.12 bits per heavy atom. The van der Waals surface area contributed by atoms with Gasteiger partial charge in [0.05, 0.1) is 41.5 Å². The number of aliphatic hydroxyl groups is 1. The van der Waals surface area contributed by atoms with E-state index in [2.05, 4.69) is 25.7 Å². The van der Waals surface area contributed by atoms with Crippen molar-refractivity contribution >= 4 is 38.3 Å². The van der Waals surface area contributed by atoms with Gasteiger partial charge >= 0.3 is 0 Å². The highest BCUT2D eigenvalue weighted by Crippen LogP contribution is 2.37. The number of aliphatic hydroxyl groups excluding tert-OH is 1. The Hall–Kier alpha value is -3.44. The Morgan fingerprint density at radius 1 is 1.24 bits per heavy atom. The molecule has 3 N–H and O–H groups in total. The van der Waals surface area contributed by atoms with Gasteiger partial charge in [-0.05, 0) is 25.0 Å². The van der Waals surface area contributed by atoms with Gasteiger partial charge in [0, 0.05) is 25.5 Å². The van der Waals surface area contributed by atoms with Crippen LogP contribution >= 0.6 is 11.3 Å². The Kier molecular flexibility index (Phi) is 6.45. The van der Waals surface area contributed by atoms with E-state index in [1.54, 1.807) is 24.2 Å². The van der Waals surface area contributed by atoms with Crippen molar-refractivity contribution in [1.29, 1.82) is 0 Å². The molecule has 10 nitrogen and oxygen atoms in total. The molecule has 0 unspecified atom stereocenters. The van der Waals surface area contributed by atoms with Crippen molar-refractivity contribution in [1.82, 2.24) is 24.7 Å². The average Bonchev–Trinajstić information content (AvgIpc) is 3.44. The van der Waals surface area contributed by atoms with Crippen LogP contribution in [0.4, 0.5) is 16.8 Å². The van der Waals surface area contributed by atoms with Gasteiger partial charge in [0.1, 0.15) is 23.6 Å². The van der Waals surface area contributed by atoms with Crippen LogP contribution < -0.4 is 20.1 Å². The molecule has 4 aromatic rings. The predicted octanol–water partition coefficient (Wildman–Crippen LogP) is 3.87. The van der Waals surface area contributed by atoms with Crippen LogP contribution in [0.25, 0.3) is 10.2 Å². The van der Waals surface area contributed by atoms with Gasteiger partial charge < -0.3 is 25.2 Å². The number of ether oxygens (including phenoxy) is 2. The number of nitrogens with zero attached hydrogens (tertiary/aromatic N) is 5. The van der Waals surface area contributed by atoms with Crippen molar-refractivity contribution in [3.63, 3.8) is 0 Å². The number of aromatic nitrogens is 5. The monoisotopic (exact) mass is 481 g/mol. The lowest BCUT2D eigenvalue weighted by Gasteiger charge is -2.27. The van der Waals surface area contributed by atoms with E-state index in [4.69, 9.17) is 14.5 Å². The van der Waals surface area contributed by atoms with Crippen LogP contribution in [0.3, 0.4) is 0 Å². The zero-order chi connectivity index (χ0) is 23.5. The van der Waals surface area contributed by atoms with Gasteiger partial charge in [-0.2, -0.15) is 5.10 Å². The van der Waals surface area contributed by atoms with Crippen molar-refractivity contribution < 1.29 is 14.6 Å². The summed E-state index contributed by atoms with van der Waals surface area (Å²) in [7, 11) is 3.47. The fourth-order valence-corrected chi connectivity index (χ4v) is 5.00. The molecule has 2 atom stereocenters. The summed E-state index contributed by atoms with van der Waals surface area (Å²) in [4.78, 5) is 13.5. The summed E-state index contributed by atoms with van der Waals surface area (Å²) in [6.07, 6.45) is 8.86. The van der Waals surface area contributed by atoms with E-state index in [9.17, 15) is 5.11 Å². The first-order chi connectivity index (χ1) is 16.6. The summed E-state index contributed by atoms with van der Waals surface area (Å²) in [5.74, 6) is 1.78. The molecule has 5 rings (SSSR count). The van der Waals surface area contributed by atoms with Gasteiger partial charge in [0.2, 0.25) is 5.95 Å². The first-order valence-corrected chi connectivity index (χ1v) is 12.0. The summed E-state index contributed by atoms with van der Waals surface area (Å²) in [5, 5.41) is 21.7. The second-order valence-corrected chi connectivity index (χ2v) is 9.31. The second-order valence-electron chi connectivity index (χ2n) is 8.28. The average molecular weight is 482 g/mol. The number of thiazole rings is 1. The van der Waals surface area contributed by atoms with E-state index in [0.717, 1.165) is 52.4 Å². The Labute approximate surface area is 201 Å². The minimum Gasteiger partial charge on any atom is -0.494 e. The van der Waals surface area contributed by atoms with Crippen LogP contribution in [0.15, 0.2) is 36.8 Å². The molecule has 0 saturated heterocycles. The van der Waals surface area contributed by atoms with Crippen molar-refractivity contribution in [2.24, 2.45) is 7.05 Å². The zero-order valence-corrected chi connectivity index (χ0v) is 19.9. The summed E-state index contributed by atoms with van der Waals surface area (Å²) in [6.45, 7) is 0.275. The van der Waals surface area contributed by atoms with Crippen LogP contribution in [-0.2, 0) is 13.7 Å². The van der Waals surface area contributed by atoms with Crippen molar-refractivity contribution in [2.75, 3.05) is 17.7 Å². The first kappa shape index (κ1) is 22.4. The van der Waals surface area contributed by atoms with Crippen LogP contribution in [-0.4, -0.2) is 49.1 Å². The van der Waals surface area contributed by atoms with Gasteiger partial charge in [-0.3, -0.25) is 4.68 Å². The number of fused-ring (bicyclic) bond motifs is 1. The zero-order valence-electron chi connectivity index (χ0n) is 19.1. The number of anilines is 3. The normalized spacial score (nSPS) is 18.1. The standard InChI is InChI=1S/C23H27N7O3S/c1-30-12-15(11-25-30)27-22-24-8-7-14(26-22)13-33-16-9-19(32-2)21-20(10-16)34-23(29-21)28-17-5-3-4-6-18(17)31/h7-12,17-18,31H,3-6,13H2,1-2H3,(H,28,29)(H,24,26,27)/t17-,18-/m0/s1. The maximum absolute atomic E-state index is 10.3. The highest BCUT2D eigenvalue weighted by molar-refractivity contribution is 7.22. The van der Waals surface area contributed by atoms with E-state index in [0.29, 0.717) is 17.4 Å². The largest absolute Gasteiger partial charge is 0.494 e. The molecule has 11 heteroatoms. The summed E-state index contributed by atoms with van der Waals surface area (Å²) in [6, 6.07) is 5.63. The molecule has 1 fully saturated rings. The molecule has 34 heavy (non-hydrogen) atoms. The third-order valence-corrected chi connectivity index (χ3v) is 6.69. The van der Waals surface area contributed by atoms with Gasteiger partial charge in [-0.1, -0.05) is 24.2 Å². The molecule has 0 bridgehead atoms. The molecule has 1 saturated carbocycles. The Balaban J connectivity index is 1.29. The maximum Gasteiger partial charge on any atom is 0.227 e. The third kappa shape index (κ3) is 5.05. The van der Waals surface area contributed by atoms with Gasteiger partial charge in [0.25, 0.3) is 0 Å². The van der Waals surface area contributed by atoms with Crippen LogP contribution in [0.1, 0.15) is 31.4 Å². The molecule has 0 aliphatic heterocycles. The van der Waals surface area contributed by atoms with Crippen LogP contribution in [0.5, 0.6) is 11.5 Å². The lowest BCUT2D eigenvalue weighted by molar-refractivity contribution is 0.116. The first-order valence-electron chi connectivity index (χ1n) is 11.2. The number of hydrogen-bond donors (Lipinski definition) is 3. The van der Waals surface area contributed by atoms with Gasteiger partial charge in [-0.25, -0.2) is 15.0 Å². The van der Waals surface area contributed by atoms with Crippen molar-refractivity contribution in [2.45, 2.75) is 44.4 Å². The predicted molar refractivity (Wildman–Crippen MR) is 131 cm³/mol. The molecule has 1 aliphatic carbocycles. The molecular weight excluding hydrogens is 454 g/mol. The van der Waals surface area contributed by atoms with Crippen molar-refractivity contribution in [3.05, 3.63) is 42.5 Å². The van der Waals surface area contributed by atoms with E-state index >= 15 is 0 Å². The molecule has 0 radical (unpaired) electrons. The lowest BCUT2D eigenvalue weighted by atomic mass is 9.93. The summed E-state index contributed by atoms with van der Waals surface area (Å²) < 4.78 is 14.3. The van der Waals surface area contributed by atoms with E-state index in [1.165, 1.54) is 11.3 Å². The highest BCUT2D eigenvalue weighted by atomic mass is 32.1. The molecule has 3 heterocycles. The lowest BCUT2D eigenvalue weighted by Crippen LogP contribution is -2.36. The molecule has 1 aromatic carbocycles. The number of methoxy groups -OCH3 is 1. The number of nitrogens with one attached hydrogen (secondary N) is 2. The molecule has 1 aliphatic rings. The summed E-state index contributed by atoms with van der Waals surface area (Å²) in [5.41, 5.74) is 2.32. The minimum atomic E-state index is -0.341. The number of aryl methyl sites for hydroxylation is 1. The molecule has 0 amide bonds. The SMILES string of the molecule is COc1cc(OCc2ccnc(Nc3cnn(C)c3)n2)cc2sc(N[C@H]3CCCC[C@@H]3O)nc12. The molecule has 3 aromatic heterocycles. The number of hydrogen-bond acceptors (Lipinski definition) is 10. The molecule has 178 valence electrons. The van der Waals surface area contributed by atoms with Crippen LogP contribution in [0.2, 0.25) is 0 Å². The number of rotatable bonds is 8. The quantitative estimate of drug-likeness (QED) is 0.344. The van der Waals surface area contributed by atoms with Crippen molar-refractivity contribution in [3.8, 4) is 11.5 Å². The topological polar surface area (TPSA) is 119 Å².